The lowest BCUT2D eigenvalue weighted by Gasteiger charge is -2.22. The molecule has 1 aliphatic rings. The second-order valence-electron chi connectivity index (χ2n) is 7.00. The molecule has 1 aromatic carbocycles. The summed E-state index contributed by atoms with van der Waals surface area (Å²) in [5.74, 6) is 0.812. The zero-order valence-corrected chi connectivity index (χ0v) is 13.2. The molecule has 2 heteroatoms. The maximum Gasteiger partial charge on any atom is 0.0716 e. The van der Waals surface area contributed by atoms with Gasteiger partial charge in [0.05, 0.1) is 6.61 Å². The van der Waals surface area contributed by atoms with Crippen molar-refractivity contribution in [2.45, 2.75) is 52.1 Å². The Kier molecular flexibility index (Phi) is 5.62. The number of benzene rings is 1. The number of piperidine rings is 1. The Balaban J connectivity index is 1.68. The van der Waals surface area contributed by atoms with E-state index in [4.69, 9.17) is 4.74 Å². The van der Waals surface area contributed by atoms with Gasteiger partial charge in [-0.05, 0) is 54.8 Å². The zero-order valence-electron chi connectivity index (χ0n) is 13.2. The minimum Gasteiger partial charge on any atom is -0.377 e. The van der Waals surface area contributed by atoms with Gasteiger partial charge in [0.15, 0.2) is 0 Å². The average Bonchev–Trinajstić information content (AvgIpc) is 2.44. The summed E-state index contributed by atoms with van der Waals surface area (Å²) in [5.41, 5.74) is 2.89. The fraction of sp³-hybridized carbons (Fsp3) is 0.667. The Morgan fingerprint density at radius 3 is 2.55 bits per heavy atom. The fourth-order valence-electron chi connectivity index (χ4n) is 2.71. The van der Waals surface area contributed by atoms with Crippen molar-refractivity contribution in [3.8, 4) is 0 Å². The van der Waals surface area contributed by atoms with Crippen molar-refractivity contribution in [1.29, 1.82) is 0 Å². The normalized spacial score (nSPS) is 20.1. The maximum atomic E-state index is 5.82. The molecule has 2 rings (SSSR count). The first kappa shape index (κ1) is 15.5. The second-order valence-corrected chi connectivity index (χ2v) is 7.00. The molecule has 0 radical (unpaired) electrons. The Bertz CT molecular complexity index is 385. The van der Waals surface area contributed by atoms with Gasteiger partial charge in [-0.25, -0.2) is 0 Å². The van der Waals surface area contributed by atoms with E-state index in [1.165, 1.54) is 43.5 Å². The van der Waals surface area contributed by atoms with Crippen molar-refractivity contribution in [1.82, 2.24) is 5.32 Å². The van der Waals surface area contributed by atoms with Gasteiger partial charge in [0.2, 0.25) is 0 Å². The summed E-state index contributed by atoms with van der Waals surface area (Å²) >= 11 is 0. The van der Waals surface area contributed by atoms with Gasteiger partial charge < -0.3 is 10.1 Å². The summed E-state index contributed by atoms with van der Waals surface area (Å²) in [6.07, 6.45) is 3.86. The van der Waals surface area contributed by atoms with Gasteiger partial charge in [-0.3, -0.25) is 0 Å². The van der Waals surface area contributed by atoms with E-state index in [1.807, 2.05) is 0 Å². The van der Waals surface area contributed by atoms with E-state index in [0.717, 1.165) is 19.1 Å². The molecule has 1 fully saturated rings. The van der Waals surface area contributed by atoms with Crippen LogP contribution in [0.2, 0.25) is 0 Å². The maximum absolute atomic E-state index is 5.82. The number of nitrogens with one attached hydrogen (secondary N) is 1. The van der Waals surface area contributed by atoms with E-state index < -0.39 is 0 Å². The highest BCUT2D eigenvalue weighted by Gasteiger charge is 2.13. The zero-order chi connectivity index (χ0) is 14.4. The molecule has 1 aromatic rings. The summed E-state index contributed by atoms with van der Waals surface area (Å²) in [6, 6.07) is 8.85. The Labute approximate surface area is 123 Å². The second kappa shape index (κ2) is 7.24. The molecule has 0 saturated carbocycles. The Morgan fingerprint density at radius 2 is 1.95 bits per heavy atom. The number of rotatable bonds is 5. The van der Waals surface area contributed by atoms with Gasteiger partial charge in [-0.1, -0.05) is 45.0 Å². The molecule has 1 N–H and O–H groups in total. The molecule has 0 aliphatic carbocycles. The quantitative estimate of drug-likeness (QED) is 0.823. The van der Waals surface area contributed by atoms with Gasteiger partial charge in [0.25, 0.3) is 0 Å². The van der Waals surface area contributed by atoms with E-state index >= 15 is 0 Å². The van der Waals surface area contributed by atoms with Gasteiger partial charge in [-0.2, -0.15) is 0 Å². The predicted molar refractivity (Wildman–Crippen MR) is 85.0 cm³/mol. The van der Waals surface area contributed by atoms with Gasteiger partial charge in [0.1, 0.15) is 0 Å². The molecule has 1 saturated heterocycles. The number of hydrogen-bond donors (Lipinski definition) is 1. The van der Waals surface area contributed by atoms with Crippen molar-refractivity contribution in [2.24, 2.45) is 5.92 Å². The molecule has 0 unspecified atom stereocenters. The third-order valence-corrected chi connectivity index (χ3v) is 4.16. The van der Waals surface area contributed by atoms with Gasteiger partial charge in [0, 0.05) is 6.61 Å². The average molecular weight is 275 g/mol. The van der Waals surface area contributed by atoms with Crippen LogP contribution in [-0.2, 0) is 16.8 Å². The Hall–Kier alpha value is -0.860. The summed E-state index contributed by atoms with van der Waals surface area (Å²) in [7, 11) is 0. The van der Waals surface area contributed by atoms with Crippen LogP contribution in [0.25, 0.3) is 0 Å². The smallest absolute Gasteiger partial charge is 0.0716 e. The van der Waals surface area contributed by atoms with E-state index in [2.05, 4.69) is 50.4 Å². The molecule has 0 amide bonds. The lowest BCUT2D eigenvalue weighted by atomic mass is 9.87. The third kappa shape index (κ3) is 4.92. The molecule has 1 aliphatic heterocycles. The highest BCUT2D eigenvalue weighted by molar-refractivity contribution is 5.27. The van der Waals surface area contributed by atoms with Crippen LogP contribution in [0.1, 0.15) is 51.2 Å². The number of ether oxygens (including phenoxy) is 1. The minimum absolute atomic E-state index is 0.230. The van der Waals surface area contributed by atoms with Crippen molar-refractivity contribution < 1.29 is 4.74 Å². The van der Waals surface area contributed by atoms with Crippen LogP contribution >= 0.6 is 0 Å². The SMILES string of the molecule is CC(C)(C)c1ccc(COCC[C@H]2CCCNC2)cc1. The van der Waals surface area contributed by atoms with Crippen LogP contribution < -0.4 is 5.32 Å². The first-order valence-corrected chi connectivity index (χ1v) is 7.93. The molecule has 2 nitrogen and oxygen atoms in total. The van der Waals surface area contributed by atoms with Crippen LogP contribution in [0.15, 0.2) is 24.3 Å². The number of hydrogen-bond acceptors (Lipinski definition) is 2. The molecular formula is C18H29NO. The van der Waals surface area contributed by atoms with E-state index in [0.29, 0.717) is 0 Å². The van der Waals surface area contributed by atoms with E-state index in [1.54, 1.807) is 0 Å². The van der Waals surface area contributed by atoms with E-state index in [9.17, 15) is 0 Å². The first-order valence-electron chi connectivity index (χ1n) is 7.93. The standard InChI is InChI=1S/C18H29NO/c1-18(2,3)17-8-6-16(7-9-17)14-20-12-10-15-5-4-11-19-13-15/h6-9,15,19H,4-5,10-14H2,1-3H3/t15-/m1/s1. The monoisotopic (exact) mass is 275 g/mol. The molecule has 112 valence electrons. The molecular weight excluding hydrogens is 246 g/mol. The van der Waals surface area contributed by atoms with Gasteiger partial charge in [-0.15, -0.1) is 0 Å². The van der Waals surface area contributed by atoms with Crippen molar-refractivity contribution in [3.63, 3.8) is 0 Å². The molecule has 0 bridgehead atoms. The summed E-state index contributed by atoms with van der Waals surface area (Å²) in [6.45, 7) is 10.7. The van der Waals surface area contributed by atoms with Crippen LogP contribution in [0.4, 0.5) is 0 Å². The molecule has 1 heterocycles. The lowest BCUT2D eigenvalue weighted by molar-refractivity contribution is 0.103. The third-order valence-electron chi connectivity index (χ3n) is 4.16. The van der Waals surface area contributed by atoms with E-state index in [-0.39, 0.29) is 5.41 Å². The lowest BCUT2D eigenvalue weighted by Crippen LogP contribution is -2.30. The van der Waals surface area contributed by atoms with Crippen LogP contribution in [0, 0.1) is 5.92 Å². The highest BCUT2D eigenvalue weighted by atomic mass is 16.5. The summed E-state index contributed by atoms with van der Waals surface area (Å²) < 4.78 is 5.82. The largest absolute Gasteiger partial charge is 0.377 e. The van der Waals surface area contributed by atoms with Gasteiger partial charge >= 0.3 is 0 Å². The molecule has 0 aromatic heterocycles. The van der Waals surface area contributed by atoms with Crippen LogP contribution in [0.5, 0.6) is 0 Å². The molecule has 1 atom stereocenters. The summed E-state index contributed by atoms with van der Waals surface area (Å²) in [5, 5.41) is 3.46. The molecule has 0 spiro atoms. The van der Waals surface area contributed by atoms with Crippen LogP contribution in [-0.4, -0.2) is 19.7 Å². The topological polar surface area (TPSA) is 21.3 Å². The summed E-state index contributed by atoms with van der Waals surface area (Å²) in [4.78, 5) is 0. The Morgan fingerprint density at radius 1 is 1.20 bits per heavy atom. The van der Waals surface area contributed by atoms with Crippen molar-refractivity contribution >= 4 is 0 Å². The highest BCUT2D eigenvalue weighted by Crippen LogP contribution is 2.22. The van der Waals surface area contributed by atoms with Crippen molar-refractivity contribution in [2.75, 3.05) is 19.7 Å². The first-order chi connectivity index (χ1) is 9.55. The van der Waals surface area contributed by atoms with Crippen molar-refractivity contribution in [3.05, 3.63) is 35.4 Å². The fourth-order valence-corrected chi connectivity index (χ4v) is 2.71. The predicted octanol–water partition coefficient (Wildman–Crippen LogP) is 3.89. The minimum atomic E-state index is 0.230. The van der Waals surface area contributed by atoms with Crippen LogP contribution in [0.3, 0.4) is 0 Å². The molecule has 20 heavy (non-hydrogen) atoms.